The molecule has 7 aromatic rings. The largest absolute Gasteiger partial charge is 0.507 e. The molecule has 0 aliphatic rings. The molecular formula is C32H19Br2FO2. The second-order valence-electron chi connectivity index (χ2n) is 8.71. The van der Waals surface area contributed by atoms with Crippen molar-refractivity contribution in [3.05, 3.63) is 124 Å². The van der Waals surface area contributed by atoms with E-state index >= 15 is 0 Å². The van der Waals surface area contributed by atoms with E-state index in [1.165, 1.54) is 27.6 Å². The first-order valence-corrected chi connectivity index (χ1v) is 13.2. The van der Waals surface area contributed by atoms with Gasteiger partial charge < -0.3 is 9.52 Å². The van der Waals surface area contributed by atoms with Gasteiger partial charge in [0, 0.05) is 30.8 Å². The van der Waals surface area contributed by atoms with Crippen LogP contribution in [0.3, 0.4) is 0 Å². The maximum absolute atomic E-state index is 14.1. The molecule has 0 spiro atoms. The standard InChI is InChI=1S/C16H10BrFO.C16H9BrO/c17-11-6-7-13(14(18)9-11)16-12-4-2-1-3-10(12)5-8-15(16)19;17-11-6-7-13-15(9-11)18-14-8-5-10-3-1-2-4-12(10)16(13)14/h1-9,19H;1-9H. The predicted molar refractivity (Wildman–Crippen MR) is 158 cm³/mol. The third-order valence-corrected chi connectivity index (χ3v) is 7.42. The summed E-state index contributed by atoms with van der Waals surface area (Å²) in [7, 11) is 0. The van der Waals surface area contributed by atoms with E-state index in [-0.39, 0.29) is 11.6 Å². The van der Waals surface area contributed by atoms with Crippen LogP contribution in [0.25, 0.3) is 54.6 Å². The number of rotatable bonds is 1. The molecular weight excluding hydrogens is 595 g/mol. The van der Waals surface area contributed by atoms with Crippen molar-refractivity contribution in [2.75, 3.05) is 0 Å². The van der Waals surface area contributed by atoms with Crippen LogP contribution in [0.4, 0.5) is 4.39 Å². The molecule has 7 rings (SSSR count). The molecule has 1 aromatic heterocycles. The molecule has 5 heteroatoms. The van der Waals surface area contributed by atoms with Crippen molar-refractivity contribution in [1.82, 2.24) is 0 Å². The van der Waals surface area contributed by atoms with Crippen molar-refractivity contribution >= 4 is 75.3 Å². The summed E-state index contributed by atoms with van der Waals surface area (Å²) in [6.07, 6.45) is 0. The van der Waals surface area contributed by atoms with E-state index in [4.69, 9.17) is 4.42 Å². The average molecular weight is 614 g/mol. The quantitative estimate of drug-likeness (QED) is 0.200. The Morgan fingerprint density at radius 3 is 2.03 bits per heavy atom. The molecule has 0 saturated carbocycles. The van der Waals surface area contributed by atoms with Gasteiger partial charge in [-0.1, -0.05) is 98.6 Å². The minimum atomic E-state index is -0.360. The molecule has 0 amide bonds. The van der Waals surface area contributed by atoms with Crippen molar-refractivity contribution < 1.29 is 13.9 Å². The number of phenols is 1. The van der Waals surface area contributed by atoms with Gasteiger partial charge in [0.2, 0.25) is 0 Å². The molecule has 0 saturated heterocycles. The zero-order valence-electron chi connectivity index (χ0n) is 19.4. The topological polar surface area (TPSA) is 33.4 Å². The lowest BCUT2D eigenvalue weighted by atomic mass is 9.97. The molecule has 0 radical (unpaired) electrons. The molecule has 0 aliphatic heterocycles. The number of aromatic hydroxyl groups is 1. The maximum atomic E-state index is 14.1. The Bertz CT molecular complexity index is 1940. The van der Waals surface area contributed by atoms with Crippen LogP contribution >= 0.6 is 31.9 Å². The number of hydrogen-bond acceptors (Lipinski definition) is 2. The lowest BCUT2D eigenvalue weighted by Gasteiger charge is -2.10. The van der Waals surface area contributed by atoms with Crippen LogP contribution in [-0.4, -0.2) is 5.11 Å². The minimum absolute atomic E-state index is 0.0833. The van der Waals surface area contributed by atoms with E-state index in [0.29, 0.717) is 15.6 Å². The molecule has 0 atom stereocenters. The molecule has 0 aliphatic carbocycles. The molecule has 1 N–H and O–H groups in total. The fourth-order valence-corrected chi connectivity index (χ4v) is 5.43. The second kappa shape index (κ2) is 9.66. The lowest BCUT2D eigenvalue weighted by molar-refractivity contribution is 0.477. The van der Waals surface area contributed by atoms with E-state index in [1.807, 2.05) is 42.5 Å². The number of phenolic OH excluding ortho intramolecular Hbond substituents is 1. The molecule has 2 nitrogen and oxygen atoms in total. The van der Waals surface area contributed by atoms with Gasteiger partial charge in [-0.15, -0.1) is 0 Å². The maximum Gasteiger partial charge on any atom is 0.136 e. The Hall–Kier alpha value is -3.67. The Balaban J connectivity index is 0.000000136. The summed E-state index contributed by atoms with van der Waals surface area (Å²) in [5.41, 5.74) is 2.80. The second-order valence-corrected chi connectivity index (χ2v) is 10.5. The highest BCUT2D eigenvalue weighted by Gasteiger charge is 2.13. The van der Waals surface area contributed by atoms with Crippen LogP contribution in [0.1, 0.15) is 0 Å². The summed E-state index contributed by atoms with van der Waals surface area (Å²) >= 11 is 6.71. The van der Waals surface area contributed by atoms with E-state index in [1.54, 1.807) is 18.2 Å². The average Bonchev–Trinajstić information content (AvgIpc) is 3.28. The van der Waals surface area contributed by atoms with E-state index in [0.717, 1.165) is 26.4 Å². The van der Waals surface area contributed by atoms with E-state index in [2.05, 4.69) is 74.3 Å². The van der Waals surface area contributed by atoms with Crippen LogP contribution in [0.2, 0.25) is 0 Å². The fourth-order valence-electron chi connectivity index (χ4n) is 4.76. The van der Waals surface area contributed by atoms with Crippen molar-refractivity contribution in [2.24, 2.45) is 0 Å². The Morgan fingerprint density at radius 1 is 0.595 bits per heavy atom. The van der Waals surface area contributed by atoms with Gasteiger partial charge in [0.05, 0.1) is 0 Å². The van der Waals surface area contributed by atoms with E-state index < -0.39 is 0 Å². The first-order chi connectivity index (χ1) is 18.0. The zero-order valence-corrected chi connectivity index (χ0v) is 22.6. The smallest absolute Gasteiger partial charge is 0.136 e. The van der Waals surface area contributed by atoms with Gasteiger partial charge in [-0.25, -0.2) is 4.39 Å². The van der Waals surface area contributed by atoms with Crippen molar-refractivity contribution in [1.29, 1.82) is 0 Å². The van der Waals surface area contributed by atoms with Crippen LogP contribution in [0.5, 0.6) is 5.75 Å². The number of hydrogen-bond donors (Lipinski definition) is 1. The van der Waals surface area contributed by atoms with Gasteiger partial charge in [0.1, 0.15) is 22.7 Å². The van der Waals surface area contributed by atoms with Gasteiger partial charge in [-0.05, 0) is 64.0 Å². The predicted octanol–water partition coefficient (Wildman–Crippen LogP) is 10.6. The summed E-state index contributed by atoms with van der Waals surface area (Å²) in [4.78, 5) is 0. The highest BCUT2D eigenvalue weighted by atomic mass is 79.9. The van der Waals surface area contributed by atoms with Crippen molar-refractivity contribution in [3.8, 4) is 16.9 Å². The summed E-state index contributed by atoms with van der Waals surface area (Å²) in [5, 5.41) is 16.8. The first-order valence-electron chi connectivity index (χ1n) is 11.7. The van der Waals surface area contributed by atoms with Crippen LogP contribution in [0, 0.1) is 5.82 Å². The minimum Gasteiger partial charge on any atom is -0.507 e. The summed E-state index contributed by atoms with van der Waals surface area (Å²) < 4.78 is 21.7. The Kier molecular flexibility index (Phi) is 6.19. The van der Waals surface area contributed by atoms with Gasteiger partial charge in [-0.3, -0.25) is 0 Å². The van der Waals surface area contributed by atoms with Gasteiger partial charge in [0.15, 0.2) is 0 Å². The van der Waals surface area contributed by atoms with Crippen molar-refractivity contribution in [3.63, 3.8) is 0 Å². The molecule has 0 fully saturated rings. The van der Waals surface area contributed by atoms with Crippen LogP contribution in [0.15, 0.2) is 123 Å². The molecule has 37 heavy (non-hydrogen) atoms. The number of benzene rings is 6. The van der Waals surface area contributed by atoms with Gasteiger partial charge in [-0.2, -0.15) is 0 Å². The third kappa shape index (κ3) is 4.39. The SMILES string of the molecule is Brc1ccc2c(c1)oc1ccc3ccccc3c12.Oc1ccc2ccccc2c1-c1ccc(Br)cc1F. The molecule has 180 valence electrons. The lowest BCUT2D eigenvalue weighted by Crippen LogP contribution is -1.87. The normalized spacial score (nSPS) is 11.2. The molecule has 1 heterocycles. The third-order valence-electron chi connectivity index (χ3n) is 6.43. The number of furan rings is 1. The first kappa shape index (κ1) is 23.7. The number of halogens is 3. The van der Waals surface area contributed by atoms with Gasteiger partial charge in [0.25, 0.3) is 0 Å². The molecule has 6 aromatic carbocycles. The summed E-state index contributed by atoms with van der Waals surface area (Å²) in [6, 6.07) is 34.6. The van der Waals surface area contributed by atoms with Crippen molar-refractivity contribution in [2.45, 2.75) is 0 Å². The van der Waals surface area contributed by atoms with Crippen LogP contribution < -0.4 is 0 Å². The van der Waals surface area contributed by atoms with Crippen LogP contribution in [-0.2, 0) is 0 Å². The monoisotopic (exact) mass is 612 g/mol. The van der Waals surface area contributed by atoms with Gasteiger partial charge >= 0.3 is 0 Å². The fraction of sp³-hybridized carbons (Fsp3) is 0. The zero-order chi connectivity index (χ0) is 25.5. The van der Waals surface area contributed by atoms with E-state index in [9.17, 15) is 9.50 Å². The summed E-state index contributed by atoms with van der Waals surface area (Å²) in [6.45, 7) is 0. The Morgan fingerprint density at radius 2 is 1.24 bits per heavy atom. The molecule has 0 unspecified atom stereocenters. The highest BCUT2D eigenvalue weighted by Crippen LogP contribution is 2.38. The molecule has 0 bridgehead atoms. The summed E-state index contributed by atoms with van der Waals surface area (Å²) in [5.74, 6) is -0.277. The number of fused-ring (bicyclic) bond motifs is 6. The Labute approximate surface area is 229 Å². The highest BCUT2D eigenvalue weighted by molar-refractivity contribution is 9.10.